The molecule has 0 amide bonds. The molecule has 1 atom stereocenters. The zero-order valence-corrected chi connectivity index (χ0v) is 11.9. The fourth-order valence-electron chi connectivity index (χ4n) is 3.09. The molecule has 0 spiro atoms. The molecule has 0 aliphatic carbocycles. The molecule has 106 valence electrons. The topological polar surface area (TPSA) is 29.3 Å². The van der Waals surface area contributed by atoms with Crippen molar-refractivity contribution in [2.75, 3.05) is 6.54 Å². The number of hydrogen-bond donors (Lipinski definition) is 1. The summed E-state index contributed by atoms with van der Waals surface area (Å²) in [5.74, 6) is -0.187. The number of benzene rings is 1. The Kier molecular flexibility index (Phi) is 5.34. The van der Waals surface area contributed by atoms with Gasteiger partial charge in [-0.3, -0.25) is 4.90 Å². The van der Waals surface area contributed by atoms with Crippen LogP contribution >= 0.6 is 0 Å². The van der Waals surface area contributed by atoms with Crippen LogP contribution in [0.15, 0.2) is 18.2 Å². The van der Waals surface area contributed by atoms with Crippen LogP contribution in [0, 0.1) is 5.82 Å². The molecule has 1 unspecified atom stereocenters. The number of hydrogen-bond acceptors (Lipinski definition) is 2. The molecule has 2 rings (SSSR count). The first kappa shape index (κ1) is 14.5. The van der Waals surface area contributed by atoms with E-state index in [1.165, 1.54) is 37.7 Å². The molecule has 3 heteroatoms. The van der Waals surface area contributed by atoms with E-state index in [9.17, 15) is 4.39 Å². The lowest BCUT2D eigenvalue weighted by Gasteiger charge is -2.36. The number of likely N-dealkylation sites (tertiary alicyclic amines) is 1. The summed E-state index contributed by atoms with van der Waals surface area (Å²) in [5, 5.41) is 0. The van der Waals surface area contributed by atoms with E-state index in [1.54, 1.807) is 12.1 Å². The van der Waals surface area contributed by atoms with Gasteiger partial charge in [0.1, 0.15) is 5.82 Å². The van der Waals surface area contributed by atoms with Crippen molar-refractivity contribution in [3.63, 3.8) is 0 Å². The molecule has 1 aromatic carbocycles. The first-order valence-corrected chi connectivity index (χ1v) is 7.46. The van der Waals surface area contributed by atoms with E-state index in [0.29, 0.717) is 12.6 Å². The maximum atomic E-state index is 13.2. The standard InChI is InChI=1S/C16H25FN2/c1-2-5-16-6-3-4-9-19(16)12-13-7-8-15(17)10-14(13)11-18/h7-8,10,16H,2-6,9,11-12,18H2,1H3. The Morgan fingerprint density at radius 1 is 1.32 bits per heavy atom. The van der Waals surface area contributed by atoms with Crippen molar-refractivity contribution in [2.24, 2.45) is 5.73 Å². The highest BCUT2D eigenvalue weighted by atomic mass is 19.1. The fraction of sp³-hybridized carbons (Fsp3) is 0.625. The van der Waals surface area contributed by atoms with Crippen molar-refractivity contribution in [2.45, 2.75) is 58.2 Å². The van der Waals surface area contributed by atoms with Gasteiger partial charge in [0.2, 0.25) is 0 Å². The minimum atomic E-state index is -0.187. The maximum Gasteiger partial charge on any atom is 0.123 e. The van der Waals surface area contributed by atoms with Crippen LogP contribution in [0.2, 0.25) is 0 Å². The summed E-state index contributed by atoms with van der Waals surface area (Å²) >= 11 is 0. The van der Waals surface area contributed by atoms with Crippen LogP contribution in [-0.2, 0) is 13.1 Å². The normalized spacial score (nSPS) is 20.7. The largest absolute Gasteiger partial charge is 0.326 e. The Bertz CT molecular complexity index is 404. The van der Waals surface area contributed by atoms with Crippen LogP contribution in [0.5, 0.6) is 0 Å². The monoisotopic (exact) mass is 264 g/mol. The summed E-state index contributed by atoms with van der Waals surface area (Å²) in [5.41, 5.74) is 7.86. The molecule has 0 radical (unpaired) electrons. The lowest BCUT2D eigenvalue weighted by Crippen LogP contribution is -2.39. The van der Waals surface area contributed by atoms with Gasteiger partial charge in [0.25, 0.3) is 0 Å². The van der Waals surface area contributed by atoms with E-state index in [2.05, 4.69) is 11.8 Å². The zero-order chi connectivity index (χ0) is 13.7. The summed E-state index contributed by atoms with van der Waals surface area (Å²) < 4.78 is 13.2. The highest BCUT2D eigenvalue weighted by Crippen LogP contribution is 2.24. The second kappa shape index (κ2) is 7.01. The minimum absolute atomic E-state index is 0.187. The Morgan fingerprint density at radius 3 is 2.89 bits per heavy atom. The quantitative estimate of drug-likeness (QED) is 0.882. The second-order valence-electron chi connectivity index (χ2n) is 5.53. The molecule has 1 aromatic rings. The van der Waals surface area contributed by atoms with E-state index in [-0.39, 0.29) is 5.82 Å². The van der Waals surface area contributed by atoms with Crippen molar-refractivity contribution in [3.8, 4) is 0 Å². The second-order valence-corrected chi connectivity index (χ2v) is 5.53. The highest BCUT2D eigenvalue weighted by Gasteiger charge is 2.22. The Morgan fingerprint density at radius 2 is 2.16 bits per heavy atom. The van der Waals surface area contributed by atoms with Crippen molar-refractivity contribution in [1.29, 1.82) is 0 Å². The van der Waals surface area contributed by atoms with Gasteiger partial charge in [0.05, 0.1) is 0 Å². The van der Waals surface area contributed by atoms with Gasteiger partial charge in [0.15, 0.2) is 0 Å². The molecule has 0 saturated carbocycles. The summed E-state index contributed by atoms with van der Waals surface area (Å²) in [6.45, 7) is 4.74. The van der Waals surface area contributed by atoms with E-state index >= 15 is 0 Å². The molecule has 0 aromatic heterocycles. The lowest BCUT2D eigenvalue weighted by molar-refractivity contribution is 0.131. The average Bonchev–Trinajstić information content (AvgIpc) is 2.43. The smallest absolute Gasteiger partial charge is 0.123 e. The third-order valence-electron chi connectivity index (χ3n) is 4.13. The van der Waals surface area contributed by atoms with E-state index in [0.717, 1.165) is 18.7 Å². The molecular weight excluding hydrogens is 239 g/mol. The van der Waals surface area contributed by atoms with Crippen LogP contribution in [0.25, 0.3) is 0 Å². The number of nitrogens with zero attached hydrogens (tertiary/aromatic N) is 1. The molecule has 1 aliphatic heterocycles. The zero-order valence-electron chi connectivity index (χ0n) is 11.9. The maximum absolute atomic E-state index is 13.2. The summed E-state index contributed by atoms with van der Waals surface area (Å²) in [6.07, 6.45) is 6.41. The number of rotatable bonds is 5. The summed E-state index contributed by atoms with van der Waals surface area (Å²) in [4.78, 5) is 2.55. The molecule has 0 bridgehead atoms. The van der Waals surface area contributed by atoms with E-state index < -0.39 is 0 Å². The lowest BCUT2D eigenvalue weighted by atomic mass is 9.96. The average molecular weight is 264 g/mol. The summed E-state index contributed by atoms with van der Waals surface area (Å²) in [7, 11) is 0. The van der Waals surface area contributed by atoms with Gasteiger partial charge in [-0.15, -0.1) is 0 Å². The van der Waals surface area contributed by atoms with Gasteiger partial charge in [-0.05, 0) is 49.1 Å². The van der Waals surface area contributed by atoms with Gasteiger partial charge < -0.3 is 5.73 Å². The molecule has 2 nitrogen and oxygen atoms in total. The third-order valence-corrected chi connectivity index (χ3v) is 4.13. The van der Waals surface area contributed by atoms with Crippen molar-refractivity contribution in [3.05, 3.63) is 35.1 Å². The van der Waals surface area contributed by atoms with Gasteiger partial charge in [-0.1, -0.05) is 25.8 Å². The predicted molar refractivity (Wildman–Crippen MR) is 77.2 cm³/mol. The Labute approximate surface area is 115 Å². The van der Waals surface area contributed by atoms with Gasteiger partial charge in [-0.25, -0.2) is 4.39 Å². The number of halogens is 1. The number of piperidine rings is 1. The van der Waals surface area contributed by atoms with Gasteiger partial charge in [-0.2, -0.15) is 0 Å². The summed E-state index contributed by atoms with van der Waals surface area (Å²) in [6, 6.07) is 5.71. The first-order valence-electron chi connectivity index (χ1n) is 7.46. The van der Waals surface area contributed by atoms with Crippen LogP contribution in [-0.4, -0.2) is 17.5 Å². The fourth-order valence-corrected chi connectivity index (χ4v) is 3.09. The SMILES string of the molecule is CCCC1CCCCN1Cc1ccc(F)cc1CN. The highest BCUT2D eigenvalue weighted by molar-refractivity contribution is 5.27. The molecule has 19 heavy (non-hydrogen) atoms. The predicted octanol–water partition coefficient (Wildman–Crippen LogP) is 3.44. The number of nitrogens with two attached hydrogens (primary N) is 1. The van der Waals surface area contributed by atoms with Crippen molar-refractivity contribution < 1.29 is 4.39 Å². The molecular formula is C16H25FN2. The molecule has 1 aliphatic rings. The third kappa shape index (κ3) is 3.77. The van der Waals surface area contributed by atoms with Crippen LogP contribution < -0.4 is 5.73 Å². The van der Waals surface area contributed by atoms with Gasteiger partial charge >= 0.3 is 0 Å². The first-order chi connectivity index (χ1) is 9.24. The van der Waals surface area contributed by atoms with E-state index in [4.69, 9.17) is 5.73 Å². The molecule has 1 saturated heterocycles. The van der Waals surface area contributed by atoms with Crippen LogP contribution in [0.1, 0.15) is 50.2 Å². The Hall–Kier alpha value is -0.930. The van der Waals surface area contributed by atoms with Crippen molar-refractivity contribution >= 4 is 0 Å². The van der Waals surface area contributed by atoms with Gasteiger partial charge in [0, 0.05) is 19.1 Å². The van der Waals surface area contributed by atoms with Crippen molar-refractivity contribution in [1.82, 2.24) is 4.90 Å². The van der Waals surface area contributed by atoms with Crippen LogP contribution in [0.3, 0.4) is 0 Å². The molecule has 1 heterocycles. The van der Waals surface area contributed by atoms with E-state index in [1.807, 2.05) is 6.07 Å². The Balaban J connectivity index is 2.10. The van der Waals surface area contributed by atoms with Crippen LogP contribution in [0.4, 0.5) is 4.39 Å². The molecule has 2 N–H and O–H groups in total. The minimum Gasteiger partial charge on any atom is -0.326 e. The molecule has 1 fully saturated rings.